The highest BCUT2D eigenvalue weighted by Gasteiger charge is 2.33. The van der Waals surface area contributed by atoms with Crippen molar-refractivity contribution in [1.82, 2.24) is 9.88 Å². The molecule has 1 saturated heterocycles. The molecule has 1 amide bonds. The van der Waals surface area contributed by atoms with Gasteiger partial charge in [-0.25, -0.2) is 17.8 Å². The van der Waals surface area contributed by atoms with Crippen molar-refractivity contribution in [1.29, 1.82) is 0 Å². The molecule has 3 aromatic carbocycles. The molecule has 2 heterocycles. The molecule has 1 unspecified atom stereocenters. The largest absolute Gasteiger partial charge is 0.439 e. The SMILES string of the molecule is CS(=O)(=O)Nc1ccc(Oc2ccc(CN3CCC(N(C(=O)C(O)c4ccccc4)c4cccc(F)c4)CC3)cn2)cc1. The Kier molecular flexibility index (Phi) is 9.34. The van der Waals surface area contributed by atoms with Crippen LogP contribution in [-0.2, 0) is 21.4 Å². The Balaban J connectivity index is 1.19. The molecule has 11 heteroatoms. The highest BCUT2D eigenvalue weighted by atomic mass is 32.2. The fourth-order valence-corrected chi connectivity index (χ4v) is 5.70. The van der Waals surface area contributed by atoms with Crippen LogP contribution < -0.4 is 14.4 Å². The topological polar surface area (TPSA) is 112 Å². The lowest BCUT2D eigenvalue weighted by molar-refractivity contribution is -0.127. The van der Waals surface area contributed by atoms with Crippen molar-refractivity contribution in [3.8, 4) is 11.6 Å². The Bertz CT molecular complexity index is 1630. The third-order valence-electron chi connectivity index (χ3n) is 7.18. The summed E-state index contributed by atoms with van der Waals surface area (Å²) in [4.78, 5) is 21.8. The summed E-state index contributed by atoms with van der Waals surface area (Å²) >= 11 is 0. The van der Waals surface area contributed by atoms with Gasteiger partial charge in [0.25, 0.3) is 5.91 Å². The van der Waals surface area contributed by atoms with Crippen molar-refractivity contribution in [3.63, 3.8) is 0 Å². The van der Waals surface area contributed by atoms with Crippen LogP contribution in [0.5, 0.6) is 11.6 Å². The number of aliphatic hydroxyl groups excluding tert-OH is 1. The molecule has 1 aliphatic rings. The summed E-state index contributed by atoms with van der Waals surface area (Å²) in [5.74, 6) is 0.0165. The molecule has 1 aliphatic heterocycles. The monoisotopic (exact) mass is 604 g/mol. The Morgan fingerprint density at radius 2 is 1.77 bits per heavy atom. The van der Waals surface area contributed by atoms with Crippen LogP contribution in [0.25, 0.3) is 0 Å². The molecular weight excluding hydrogens is 571 g/mol. The van der Waals surface area contributed by atoms with Gasteiger partial charge in [-0.3, -0.25) is 14.4 Å². The summed E-state index contributed by atoms with van der Waals surface area (Å²) in [6, 6.07) is 24.7. The second-order valence-electron chi connectivity index (χ2n) is 10.5. The van der Waals surface area contributed by atoms with Crippen molar-refractivity contribution in [2.45, 2.75) is 31.5 Å². The molecule has 1 aromatic heterocycles. The van der Waals surface area contributed by atoms with Gasteiger partial charge in [0.1, 0.15) is 11.6 Å². The molecule has 0 spiro atoms. The minimum absolute atomic E-state index is 0.197. The first-order chi connectivity index (χ1) is 20.6. The number of halogens is 1. The van der Waals surface area contributed by atoms with Gasteiger partial charge in [0.05, 0.1) is 6.26 Å². The van der Waals surface area contributed by atoms with E-state index < -0.39 is 27.9 Å². The van der Waals surface area contributed by atoms with Crippen LogP contribution >= 0.6 is 0 Å². The first-order valence-corrected chi connectivity index (χ1v) is 15.8. The molecule has 0 aliphatic carbocycles. The molecule has 1 fully saturated rings. The van der Waals surface area contributed by atoms with E-state index in [0.29, 0.717) is 61.0 Å². The quantitative estimate of drug-likeness (QED) is 0.259. The van der Waals surface area contributed by atoms with E-state index in [9.17, 15) is 22.7 Å². The number of sulfonamides is 1. The number of benzene rings is 3. The predicted octanol–water partition coefficient (Wildman–Crippen LogP) is 5.12. The molecule has 4 aromatic rings. The van der Waals surface area contributed by atoms with E-state index in [1.165, 1.54) is 12.1 Å². The third kappa shape index (κ3) is 8.16. The van der Waals surface area contributed by atoms with Crippen LogP contribution in [0.1, 0.15) is 30.1 Å². The number of pyridine rings is 1. The van der Waals surface area contributed by atoms with Gasteiger partial charge >= 0.3 is 0 Å². The zero-order chi connectivity index (χ0) is 30.4. The number of likely N-dealkylation sites (tertiary alicyclic amines) is 1. The summed E-state index contributed by atoms with van der Waals surface area (Å²) in [6.45, 7) is 2.07. The van der Waals surface area contributed by atoms with E-state index in [-0.39, 0.29) is 6.04 Å². The van der Waals surface area contributed by atoms with Gasteiger partial charge < -0.3 is 14.7 Å². The zero-order valence-corrected chi connectivity index (χ0v) is 24.5. The second-order valence-corrected chi connectivity index (χ2v) is 12.3. The second kappa shape index (κ2) is 13.3. The minimum atomic E-state index is -3.35. The summed E-state index contributed by atoms with van der Waals surface area (Å²) < 4.78 is 45.1. The maximum atomic E-state index is 14.2. The molecule has 0 bridgehead atoms. The number of carbonyl (C=O) groups excluding carboxylic acids is 1. The number of piperidine rings is 1. The average Bonchev–Trinajstić information content (AvgIpc) is 2.99. The molecule has 224 valence electrons. The number of carbonyl (C=O) groups is 1. The van der Waals surface area contributed by atoms with Crippen LogP contribution in [0.2, 0.25) is 0 Å². The normalized spacial score (nSPS) is 15.0. The number of anilines is 2. The molecular formula is C32H33FN4O5S. The van der Waals surface area contributed by atoms with Crippen LogP contribution in [0.4, 0.5) is 15.8 Å². The molecule has 0 radical (unpaired) electrons. The number of nitrogens with one attached hydrogen (secondary N) is 1. The van der Waals surface area contributed by atoms with Gasteiger partial charge in [-0.2, -0.15) is 0 Å². The summed E-state index contributed by atoms with van der Waals surface area (Å²) in [6.07, 6.45) is 2.80. The van der Waals surface area contributed by atoms with Gasteiger partial charge in [-0.15, -0.1) is 0 Å². The lowest BCUT2D eigenvalue weighted by Gasteiger charge is -2.39. The van der Waals surface area contributed by atoms with Gasteiger partial charge in [0, 0.05) is 49.3 Å². The third-order valence-corrected chi connectivity index (χ3v) is 7.79. The smallest absolute Gasteiger partial charge is 0.260 e. The van der Waals surface area contributed by atoms with Crippen LogP contribution in [0, 0.1) is 5.82 Å². The maximum Gasteiger partial charge on any atom is 0.260 e. The van der Waals surface area contributed by atoms with E-state index >= 15 is 0 Å². The number of rotatable bonds is 10. The lowest BCUT2D eigenvalue weighted by atomic mass is 9.99. The van der Waals surface area contributed by atoms with Gasteiger partial charge in [-0.05, 0) is 66.4 Å². The van der Waals surface area contributed by atoms with E-state index in [4.69, 9.17) is 4.74 Å². The van der Waals surface area contributed by atoms with Crippen LogP contribution in [-0.4, -0.2) is 54.7 Å². The van der Waals surface area contributed by atoms with Crippen molar-refractivity contribution in [2.75, 3.05) is 29.0 Å². The number of amides is 1. The van der Waals surface area contributed by atoms with E-state index in [0.717, 1.165) is 11.8 Å². The Hall–Kier alpha value is -4.32. The maximum absolute atomic E-state index is 14.2. The molecule has 9 nitrogen and oxygen atoms in total. The van der Waals surface area contributed by atoms with Crippen molar-refractivity contribution < 1.29 is 27.4 Å². The van der Waals surface area contributed by atoms with Gasteiger partial charge in [-0.1, -0.05) is 42.5 Å². The van der Waals surface area contributed by atoms with Crippen LogP contribution in [0.15, 0.2) is 97.2 Å². The standard InChI is InChI=1S/C32H33FN4O5S/c1-43(40,41)35-26-11-13-29(14-12-26)42-30-15-10-23(21-34-30)22-36-18-16-27(17-19-36)37(28-9-5-8-25(33)20-28)32(39)31(38)24-6-3-2-4-7-24/h2-15,20-21,27,31,35,38H,16-19,22H2,1H3. The minimum Gasteiger partial charge on any atom is -0.439 e. The Labute approximate surface area is 250 Å². The fourth-order valence-electron chi connectivity index (χ4n) is 5.14. The number of ether oxygens (including phenoxy) is 1. The molecule has 43 heavy (non-hydrogen) atoms. The molecule has 2 N–H and O–H groups in total. The van der Waals surface area contributed by atoms with Crippen molar-refractivity contribution in [3.05, 3.63) is 114 Å². The fraction of sp³-hybridized carbons (Fsp3) is 0.250. The van der Waals surface area contributed by atoms with E-state index in [2.05, 4.69) is 14.6 Å². The summed E-state index contributed by atoms with van der Waals surface area (Å²) in [7, 11) is -3.35. The zero-order valence-electron chi connectivity index (χ0n) is 23.6. The Morgan fingerprint density at radius 3 is 2.40 bits per heavy atom. The summed E-state index contributed by atoms with van der Waals surface area (Å²) in [5, 5.41) is 10.9. The predicted molar refractivity (Wildman–Crippen MR) is 163 cm³/mol. The highest BCUT2D eigenvalue weighted by Crippen LogP contribution is 2.29. The number of hydrogen-bond acceptors (Lipinski definition) is 7. The first-order valence-electron chi connectivity index (χ1n) is 13.9. The number of hydrogen-bond donors (Lipinski definition) is 2. The average molecular weight is 605 g/mol. The lowest BCUT2D eigenvalue weighted by Crippen LogP contribution is -2.49. The van der Waals surface area contributed by atoms with Gasteiger partial charge in [0.15, 0.2) is 6.10 Å². The van der Waals surface area contributed by atoms with Crippen molar-refractivity contribution in [2.24, 2.45) is 0 Å². The molecule has 0 saturated carbocycles. The number of aromatic nitrogens is 1. The highest BCUT2D eigenvalue weighted by molar-refractivity contribution is 7.92. The summed E-state index contributed by atoms with van der Waals surface area (Å²) in [5.41, 5.74) is 2.36. The molecule has 5 rings (SSSR count). The van der Waals surface area contributed by atoms with Crippen molar-refractivity contribution >= 4 is 27.3 Å². The number of aliphatic hydroxyl groups is 1. The van der Waals surface area contributed by atoms with E-state index in [1.54, 1.807) is 77.8 Å². The van der Waals surface area contributed by atoms with Crippen LogP contribution in [0.3, 0.4) is 0 Å². The number of nitrogens with zero attached hydrogens (tertiary/aromatic N) is 3. The van der Waals surface area contributed by atoms with E-state index in [1.807, 2.05) is 12.1 Å². The molecule has 1 atom stereocenters. The first kappa shape index (κ1) is 30.1. The Morgan fingerprint density at radius 1 is 1.05 bits per heavy atom. The van der Waals surface area contributed by atoms with Gasteiger partial charge in [0.2, 0.25) is 15.9 Å².